The number of hydrogen-bond donors (Lipinski definition) is 3. The Hall–Kier alpha value is -2.36. The minimum absolute atomic E-state index is 0.0496. The predicted octanol–water partition coefficient (Wildman–Crippen LogP) is 4.38. The molecule has 2 aromatic rings. The first-order valence-electron chi connectivity index (χ1n) is 13.2. The maximum atomic E-state index is 14.3. The van der Waals surface area contributed by atoms with Crippen LogP contribution in [0.15, 0.2) is 24.7 Å². The summed E-state index contributed by atoms with van der Waals surface area (Å²) >= 11 is 0. The molecule has 0 bridgehead atoms. The number of nitrogens with zero attached hydrogens (tertiary/aromatic N) is 2. The van der Waals surface area contributed by atoms with Crippen molar-refractivity contribution in [2.24, 2.45) is 0 Å². The number of nitrogens with one attached hydrogen (secondary N) is 3. The van der Waals surface area contributed by atoms with E-state index in [0.29, 0.717) is 43.3 Å². The molecule has 0 saturated carbocycles. The molecule has 0 saturated heterocycles. The van der Waals surface area contributed by atoms with Gasteiger partial charge in [-0.3, -0.25) is 4.79 Å². The topological polar surface area (TPSA) is 80.2 Å². The maximum Gasteiger partial charge on any atom is 0.242 e. The Morgan fingerprint density at radius 3 is 2.75 bits per heavy atom. The number of carbonyl (C=O) groups is 1. The van der Waals surface area contributed by atoms with Crippen LogP contribution in [0.5, 0.6) is 0 Å². The normalized spacial score (nSPS) is 17.9. The zero-order chi connectivity index (χ0) is 26.1. The molecule has 0 fully saturated rings. The number of amides is 1. The molecular weight excluding hydrogens is 464 g/mol. The van der Waals surface area contributed by atoms with Gasteiger partial charge in [-0.15, -0.1) is 0 Å². The lowest BCUT2D eigenvalue weighted by molar-refractivity contribution is -0.118. The van der Waals surface area contributed by atoms with Crippen LogP contribution in [0.4, 0.5) is 14.6 Å². The molecule has 3 rings (SSSR count). The molecule has 7 nitrogen and oxygen atoms in total. The zero-order valence-electron chi connectivity index (χ0n) is 21.9. The molecule has 200 valence electrons. The molecule has 4 atom stereocenters. The van der Waals surface area contributed by atoms with Crippen molar-refractivity contribution in [1.82, 2.24) is 20.2 Å². The average molecular weight is 506 g/mol. The first kappa shape index (κ1) is 28.2. The summed E-state index contributed by atoms with van der Waals surface area (Å²) in [6.07, 6.45) is 8.76. The van der Waals surface area contributed by atoms with E-state index in [0.717, 1.165) is 43.9 Å². The minimum atomic E-state index is -0.540. The Kier molecular flexibility index (Phi) is 10.8. The summed E-state index contributed by atoms with van der Waals surface area (Å²) < 4.78 is 35.2. The first-order chi connectivity index (χ1) is 17.4. The molecule has 0 spiro atoms. The van der Waals surface area contributed by atoms with Crippen molar-refractivity contribution >= 4 is 11.7 Å². The average Bonchev–Trinajstić information content (AvgIpc) is 3.31. The molecule has 1 amide bonds. The maximum absolute atomic E-state index is 14.3. The number of imidazole rings is 1. The summed E-state index contributed by atoms with van der Waals surface area (Å²) in [6.45, 7) is 7.74. The van der Waals surface area contributed by atoms with Gasteiger partial charge >= 0.3 is 0 Å². The van der Waals surface area contributed by atoms with E-state index in [1.807, 2.05) is 17.7 Å². The van der Waals surface area contributed by atoms with E-state index in [2.05, 4.69) is 34.8 Å². The second-order valence-electron chi connectivity index (χ2n) is 9.70. The number of aryl methyl sites for hydroxylation is 1. The van der Waals surface area contributed by atoms with Crippen molar-refractivity contribution in [2.75, 3.05) is 25.6 Å². The van der Waals surface area contributed by atoms with Gasteiger partial charge in [0.15, 0.2) is 5.82 Å². The molecule has 9 heteroatoms. The number of benzene rings is 1. The predicted molar refractivity (Wildman–Crippen MR) is 138 cm³/mol. The summed E-state index contributed by atoms with van der Waals surface area (Å²) in [5, 5.41) is 9.92. The Morgan fingerprint density at radius 2 is 2.06 bits per heavy atom. The third kappa shape index (κ3) is 7.57. The van der Waals surface area contributed by atoms with Gasteiger partial charge in [-0.05, 0) is 55.7 Å². The summed E-state index contributed by atoms with van der Waals surface area (Å²) in [7, 11) is 1.71. The zero-order valence-corrected chi connectivity index (χ0v) is 21.9. The van der Waals surface area contributed by atoms with Gasteiger partial charge in [-0.1, -0.05) is 27.2 Å². The minimum Gasteiger partial charge on any atom is -0.383 e. The SMILES string of the molecule is CCC[C@H](N[C@H]1CCc2cc(F)cc(F)c2C1)C(=O)Nc1cn(C(CC)CNC(CC)COC)cn1. The second-order valence-corrected chi connectivity index (χ2v) is 9.70. The van der Waals surface area contributed by atoms with Crippen LogP contribution >= 0.6 is 0 Å². The number of aromatic nitrogens is 2. The van der Waals surface area contributed by atoms with Crippen LogP contribution in [0, 0.1) is 11.6 Å². The van der Waals surface area contributed by atoms with Gasteiger partial charge in [-0.2, -0.15) is 0 Å². The van der Waals surface area contributed by atoms with Gasteiger partial charge in [0.2, 0.25) is 5.91 Å². The van der Waals surface area contributed by atoms with E-state index in [4.69, 9.17) is 4.74 Å². The number of methoxy groups -OCH3 is 1. The Labute approximate surface area is 213 Å². The van der Waals surface area contributed by atoms with Crippen LogP contribution < -0.4 is 16.0 Å². The van der Waals surface area contributed by atoms with Crippen molar-refractivity contribution < 1.29 is 18.3 Å². The van der Waals surface area contributed by atoms with Gasteiger partial charge in [0, 0.05) is 44.0 Å². The van der Waals surface area contributed by atoms with Crippen molar-refractivity contribution in [1.29, 1.82) is 0 Å². The quantitative estimate of drug-likeness (QED) is 0.355. The second kappa shape index (κ2) is 13.8. The fourth-order valence-electron chi connectivity index (χ4n) is 4.89. The lowest BCUT2D eigenvalue weighted by Gasteiger charge is -2.29. The molecule has 1 aromatic heterocycles. The van der Waals surface area contributed by atoms with Crippen molar-refractivity contribution in [3.8, 4) is 0 Å². The van der Waals surface area contributed by atoms with Crippen LogP contribution in [0.2, 0.25) is 0 Å². The van der Waals surface area contributed by atoms with Gasteiger partial charge in [-0.25, -0.2) is 13.8 Å². The fourth-order valence-corrected chi connectivity index (χ4v) is 4.89. The number of ether oxygens (including phenoxy) is 1. The Morgan fingerprint density at radius 1 is 1.25 bits per heavy atom. The van der Waals surface area contributed by atoms with E-state index in [9.17, 15) is 13.6 Å². The van der Waals surface area contributed by atoms with Crippen molar-refractivity contribution in [3.63, 3.8) is 0 Å². The number of hydrogen-bond acceptors (Lipinski definition) is 5. The smallest absolute Gasteiger partial charge is 0.242 e. The van der Waals surface area contributed by atoms with Crippen LogP contribution in [-0.2, 0) is 22.4 Å². The molecule has 1 aromatic carbocycles. The van der Waals surface area contributed by atoms with Gasteiger partial charge in [0.05, 0.1) is 19.0 Å². The summed E-state index contributed by atoms with van der Waals surface area (Å²) in [6, 6.07) is 2.39. The number of fused-ring (bicyclic) bond motifs is 1. The number of carbonyl (C=O) groups excluding carboxylic acids is 1. The lowest BCUT2D eigenvalue weighted by atomic mass is 9.87. The molecule has 1 aliphatic rings. The van der Waals surface area contributed by atoms with Crippen LogP contribution in [0.3, 0.4) is 0 Å². The van der Waals surface area contributed by atoms with Crippen LogP contribution in [0.25, 0.3) is 0 Å². The van der Waals surface area contributed by atoms with E-state index >= 15 is 0 Å². The van der Waals surface area contributed by atoms with Crippen LogP contribution in [0.1, 0.15) is 70.0 Å². The summed E-state index contributed by atoms with van der Waals surface area (Å²) in [5.41, 5.74) is 1.27. The van der Waals surface area contributed by atoms with E-state index in [-0.39, 0.29) is 18.0 Å². The highest BCUT2D eigenvalue weighted by Gasteiger charge is 2.27. The molecular formula is C27H41F2N5O2. The van der Waals surface area contributed by atoms with Gasteiger partial charge in [0.1, 0.15) is 11.6 Å². The molecule has 1 aliphatic carbocycles. The Balaban J connectivity index is 1.59. The van der Waals surface area contributed by atoms with Crippen molar-refractivity contribution in [2.45, 2.75) is 89.9 Å². The van der Waals surface area contributed by atoms with Gasteiger partial charge < -0.3 is 25.3 Å². The molecule has 3 N–H and O–H groups in total. The fraction of sp³-hybridized carbons (Fsp3) is 0.630. The highest BCUT2D eigenvalue weighted by Crippen LogP contribution is 2.26. The molecule has 36 heavy (non-hydrogen) atoms. The van der Waals surface area contributed by atoms with Crippen LogP contribution in [-0.4, -0.2) is 53.8 Å². The highest BCUT2D eigenvalue weighted by atomic mass is 19.1. The number of anilines is 1. The summed E-state index contributed by atoms with van der Waals surface area (Å²) in [5.74, 6) is -0.682. The lowest BCUT2D eigenvalue weighted by Crippen LogP contribution is -2.48. The van der Waals surface area contributed by atoms with E-state index < -0.39 is 17.7 Å². The Bertz CT molecular complexity index is 983. The number of halogens is 2. The largest absolute Gasteiger partial charge is 0.383 e. The molecule has 1 heterocycles. The number of rotatable bonds is 14. The van der Waals surface area contributed by atoms with E-state index in [1.54, 1.807) is 13.4 Å². The summed E-state index contributed by atoms with van der Waals surface area (Å²) in [4.78, 5) is 17.5. The molecule has 2 unspecified atom stereocenters. The highest BCUT2D eigenvalue weighted by molar-refractivity contribution is 5.94. The monoisotopic (exact) mass is 505 g/mol. The standard InChI is InChI=1S/C27H41F2N5O2/c1-5-8-25(32-21-10-9-18-11-19(28)12-24(29)23(18)13-21)27(35)33-26-15-34(17-31-26)22(7-3)14-30-20(6-2)16-36-4/h11-12,15,17,20-22,25,30,32H,5-10,13-14,16H2,1-4H3,(H,33,35)/t20?,21-,22?,25-/m0/s1. The van der Waals surface area contributed by atoms with Crippen molar-refractivity contribution in [3.05, 3.63) is 47.4 Å². The molecule has 0 radical (unpaired) electrons. The van der Waals surface area contributed by atoms with E-state index in [1.165, 1.54) is 6.07 Å². The third-order valence-electron chi connectivity index (χ3n) is 7.04. The van der Waals surface area contributed by atoms with Gasteiger partial charge in [0.25, 0.3) is 0 Å². The molecule has 0 aliphatic heterocycles. The first-order valence-corrected chi connectivity index (χ1v) is 13.2. The third-order valence-corrected chi connectivity index (χ3v) is 7.04.